The lowest BCUT2D eigenvalue weighted by molar-refractivity contribution is 0.556. The number of rotatable bonds is 9. The fourth-order valence-corrected chi connectivity index (χ4v) is 3.04. The second-order valence-corrected chi connectivity index (χ2v) is 6.42. The van der Waals surface area contributed by atoms with Gasteiger partial charge in [0.05, 0.1) is 6.17 Å². The third-order valence-corrected chi connectivity index (χ3v) is 4.49. The molecule has 4 N–H and O–H groups in total. The van der Waals surface area contributed by atoms with Gasteiger partial charge in [-0.05, 0) is 30.0 Å². The lowest BCUT2D eigenvalue weighted by Gasteiger charge is -2.19. The molecule has 0 aromatic heterocycles. The molecule has 0 radical (unpaired) electrons. The van der Waals surface area contributed by atoms with Crippen LogP contribution in [0.3, 0.4) is 0 Å². The summed E-state index contributed by atoms with van der Waals surface area (Å²) in [6, 6.07) is 29.3. The van der Waals surface area contributed by atoms with Gasteiger partial charge in [-0.25, -0.2) is 0 Å². The first kappa shape index (κ1) is 18.2. The highest BCUT2D eigenvalue weighted by Gasteiger charge is 2.09. The Kier molecular flexibility index (Phi) is 6.82. The monoisotopic (exact) mass is 345 g/mol. The van der Waals surface area contributed by atoms with E-state index in [1.807, 2.05) is 24.3 Å². The van der Waals surface area contributed by atoms with E-state index in [1.54, 1.807) is 0 Å². The van der Waals surface area contributed by atoms with E-state index in [2.05, 4.69) is 71.3 Å². The summed E-state index contributed by atoms with van der Waals surface area (Å²) in [5.74, 6) is 0. The van der Waals surface area contributed by atoms with Crippen molar-refractivity contribution in [2.75, 3.05) is 18.4 Å². The standard InChI is InChI=1S/C23H27N3/c24-23(26-18-16-20-11-5-2-6-12-20)21-13-7-8-14-22(21)25-17-15-19-9-3-1-4-10-19/h1-14,23,25-26H,15-18,24H2. The van der Waals surface area contributed by atoms with E-state index >= 15 is 0 Å². The SMILES string of the molecule is NC(NCCc1ccccc1)c1ccccc1NCCc1ccccc1. The van der Waals surface area contributed by atoms with Crippen LogP contribution < -0.4 is 16.4 Å². The molecule has 0 aliphatic rings. The van der Waals surface area contributed by atoms with Crippen molar-refractivity contribution in [2.24, 2.45) is 5.73 Å². The van der Waals surface area contributed by atoms with Gasteiger partial charge in [-0.2, -0.15) is 0 Å². The number of anilines is 1. The molecule has 3 nitrogen and oxygen atoms in total. The number of nitrogens with two attached hydrogens (primary N) is 1. The molecule has 0 fully saturated rings. The maximum absolute atomic E-state index is 6.39. The zero-order valence-electron chi connectivity index (χ0n) is 15.1. The van der Waals surface area contributed by atoms with Crippen LogP contribution in [-0.4, -0.2) is 13.1 Å². The molecular weight excluding hydrogens is 318 g/mol. The van der Waals surface area contributed by atoms with Gasteiger partial charge in [-0.3, -0.25) is 5.32 Å². The zero-order valence-corrected chi connectivity index (χ0v) is 15.1. The molecule has 0 amide bonds. The molecule has 0 aliphatic heterocycles. The molecule has 1 atom stereocenters. The second kappa shape index (κ2) is 9.76. The Labute approximate surface area is 156 Å². The van der Waals surface area contributed by atoms with E-state index in [9.17, 15) is 0 Å². The van der Waals surface area contributed by atoms with E-state index < -0.39 is 0 Å². The van der Waals surface area contributed by atoms with Crippen molar-refractivity contribution in [2.45, 2.75) is 19.0 Å². The lowest BCUT2D eigenvalue weighted by atomic mass is 10.1. The topological polar surface area (TPSA) is 50.1 Å². The van der Waals surface area contributed by atoms with Crippen LogP contribution in [0.15, 0.2) is 84.9 Å². The second-order valence-electron chi connectivity index (χ2n) is 6.42. The molecule has 0 saturated carbocycles. The maximum Gasteiger partial charge on any atom is 0.0830 e. The molecule has 0 spiro atoms. The minimum Gasteiger partial charge on any atom is -0.384 e. The molecule has 0 aliphatic carbocycles. The van der Waals surface area contributed by atoms with Gasteiger partial charge in [0.25, 0.3) is 0 Å². The maximum atomic E-state index is 6.39. The van der Waals surface area contributed by atoms with Crippen molar-refractivity contribution in [1.82, 2.24) is 5.32 Å². The largest absolute Gasteiger partial charge is 0.384 e. The van der Waals surface area contributed by atoms with Crippen LogP contribution >= 0.6 is 0 Å². The smallest absolute Gasteiger partial charge is 0.0830 e. The van der Waals surface area contributed by atoms with Gasteiger partial charge in [0.2, 0.25) is 0 Å². The van der Waals surface area contributed by atoms with Crippen molar-refractivity contribution in [1.29, 1.82) is 0 Å². The van der Waals surface area contributed by atoms with E-state index in [1.165, 1.54) is 11.1 Å². The van der Waals surface area contributed by atoms with Gasteiger partial charge in [-0.1, -0.05) is 78.9 Å². The predicted molar refractivity (Wildman–Crippen MR) is 110 cm³/mol. The van der Waals surface area contributed by atoms with Crippen molar-refractivity contribution in [3.05, 3.63) is 102 Å². The van der Waals surface area contributed by atoms with Gasteiger partial charge in [0.15, 0.2) is 0 Å². The van der Waals surface area contributed by atoms with Crippen molar-refractivity contribution in [3.63, 3.8) is 0 Å². The molecule has 0 saturated heterocycles. The Morgan fingerprint density at radius 3 is 1.85 bits per heavy atom. The molecule has 3 rings (SSSR count). The van der Waals surface area contributed by atoms with Crippen LogP contribution in [0.1, 0.15) is 22.9 Å². The highest BCUT2D eigenvalue weighted by Crippen LogP contribution is 2.20. The van der Waals surface area contributed by atoms with Gasteiger partial charge in [0.1, 0.15) is 0 Å². The summed E-state index contributed by atoms with van der Waals surface area (Å²) in [5, 5.41) is 6.96. The van der Waals surface area contributed by atoms with Crippen LogP contribution in [0.2, 0.25) is 0 Å². The number of hydrogen-bond donors (Lipinski definition) is 3. The third kappa shape index (κ3) is 5.45. The van der Waals surface area contributed by atoms with Crippen LogP contribution in [0.4, 0.5) is 5.69 Å². The summed E-state index contributed by atoms with van der Waals surface area (Å²) in [7, 11) is 0. The van der Waals surface area contributed by atoms with E-state index in [0.29, 0.717) is 0 Å². The summed E-state index contributed by atoms with van der Waals surface area (Å²) in [5.41, 5.74) is 11.3. The summed E-state index contributed by atoms with van der Waals surface area (Å²) >= 11 is 0. The quantitative estimate of drug-likeness (QED) is 0.511. The summed E-state index contributed by atoms with van der Waals surface area (Å²) < 4.78 is 0. The number of hydrogen-bond acceptors (Lipinski definition) is 3. The van der Waals surface area contributed by atoms with Crippen LogP contribution in [0.5, 0.6) is 0 Å². The Balaban J connectivity index is 1.52. The summed E-state index contributed by atoms with van der Waals surface area (Å²) in [6.07, 6.45) is 1.78. The van der Waals surface area contributed by atoms with E-state index in [0.717, 1.165) is 37.2 Å². The molecule has 3 aromatic carbocycles. The highest BCUT2D eigenvalue weighted by atomic mass is 15.0. The van der Waals surface area contributed by atoms with Gasteiger partial charge >= 0.3 is 0 Å². The fraction of sp³-hybridized carbons (Fsp3) is 0.217. The molecule has 26 heavy (non-hydrogen) atoms. The summed E-state index contributed by atoms with van der Waals surface area (Å²) in [4.78, 5) is 0. The van der Waals surface area contributed by atoms with Gasteiger partial charge < -0.3 is 11.1 Å². The van der Waals surface area contributed by atoms with Crippen LogP contribution in [-0.2, 0) is 12.8 Å². The number of nitrogens with one attached hydrogen (secondary N) is 2. The number of benzene rings is 3. The molecule has 3 heteroatoms. The first-order valence-electron chi connectivity index (χ1n) is 9.22. The highest BCUT2D eigenvalue weighted by molar-refractivity contribution is 5.52. The van der Waals surface area contributed by atoms with Crippen molar-refractivity contribution >= 4 is 5.69 Å². The average molecular weight is 345 g/mol. The van der Waals surface area contributed by atoms with E-state index in [4.69, 9.17) is 5.73 Å². The predicted octanol–water partition coefficient (Wildman–Crippen LogP) is 4.13. The molecular formula is C23H27N3. The normalized spacial score (nSPS) is 11.9. The average Bonchev–Trinajstić information content (AvgIpc) is 2.70. The van der Waals surface area contributed by atoms with Gasteiger partial charge in [-0.15, -0.1) is 0 Å². The lowest BCUT2D eigenvalue weighted by Crippen LogP contribution is -2.31. The first-order valence-corrected chi connectivity index (χ1v) is 9.22. The fourth-order valence-electron chi connectivity index (χ4n) is 3.04. The molecule has 0 heterocycles. The van der Waals surface area contributed by atoms with Crippen molar-refractivity contribution in [3.8, 4) is 0 Å². The minimum absolute atomic E-state index is 0.181. The Hall–Kier alpha value is -2.62. The Morgan fingerprint density at radius 1 is 0.654 bits per heavy atom. The Bertz CT molecular complexity index is 772. The first-order chi connectivity index (χ1) is 12.8. The van der Waals surface area contributed by atoms with E-state index in [-0.39, 0.29) is 6.17 Å². The summed E-state index contributed by atoms with van der Waals surface area (Å²) in [6.45, 7) is 1.74. The molecule has 1 unspecified atom stereocenters. The molecule has 3 aromatic rings. The van der Waals surface area contributed by atoms with Gasteiger partial charge in [0, 0.05) is 24.3 Å². The molecule has 0 bridgehead atoms. The Morgan fingerprint density at radius 2 is 1.19 bits per heavy atom. The van der Waals surface area contributed by atoms with Crippen LogP contribution in [0.25, 0.3) is 0 Å². The third-order valence-electron chi connectivity index (χ3n) is 4.49. The van der Waals surface area contributed by atoms with Crippen LogP contribution in [0, 0.1) is 0 Å². The zero-order chi connectivity index (χ0) is 18.0. The minimum atomic E-state index is -0.181. The number of para-hydroxylation sites is 1. The molecule has 134 valence electrons. The van der Waals surface area contributed by atoms with Crippen molar-refractivity contribution < 1.29 is 0 Å².